The van der Waals surface area contributed by atoms with Crippen molar-refractivity contribution in [1.82, 2.24) is 0 Å². The summed E-state index contributed by atoms with van der Waals surface area (Å²) in [4.78, 5) is 0. The van der Waals surface area contributed by atoms with Gasteiger partial charge in [-0.3, -0.25) is 0 Å². The van der Waals surface area contributed by atoms with Crippen LogP contribution in [0.5, 0.6) is 5.75 Å². The number of alkyl halides is 1. The Kier molecular flexibility index (Phi) is 5.85. The lowest BCUT2D eigenvalue weighted by molar-refractivity contribution is 0.287. The molecule has 1 fully saturated rings. The van der Waals surface area contributed by atoms with Gasteiger partial charge in [-0.25, -0.2) is 0 Å². The molecule has 0 heterocycles. The lowest BCUT2D eigenvalue weighted by atomic mass is 9.72. The Balaban J connectivity index is 2.08. The van der Waals surface area contributed by atoms with Gasteiger partial charge in [-0.05, 0) is 35.1 Å². The molecule has 3 rings (SSSR count). The van der Waals surface area contributed by atoms with Gasteiger partial charge in [0.1, 0.15) is 5.75 Å². The molecule has 1 nitrogen and oxygen atoms in total. The lowest BCUT2D eigenvalue weighted by Gasteiger charge is -2.40. The number of methoxy groups -OCH3 is 1. The second kappa shape index (κ2) is 7.90. The van der Waals surface area contributed by atoms with E-state index in [1.165, 1.54) is 43.2 Å². The Morgan fingerprint density at radius 1 is 1.00 bits per heavy atom. The molecule has 0 spiro atoms. The van der Waals surface area contributed by atoms with Gasteiger partial charge in [-0.1, -0.05) is 104 Å². The molecule has 0 aliphatic heterocycles. The second-order valence-corrected chi connectivity index (χ2v) is 8.57. The highest BCUT2D eigenvalue weighted by molar-refractivity contribution is 14.1. The minimum Gasteiger partial charge on any atom is -0.497 e. The van der Waals surface area contributed by atoms with Gasteiger partial charge in [-0.15, -0.1) is 0 Å². The molecule has 0 amide bonds. The molecule has 0 N–H and O–H groups in total. The SMILES string of the molecule is CCC(C1CCCC1)C(I)(c1ccccc1)c1ccc(OC)cc1. The van der Waals surface area contributed by atoms with Crippen LogP contribution in [0.1, 0.15) is 50.2 Å². The van der Waals surface area contributed by atoms with E-state index in [0.717, 1.165) is 11.7 Å². The van der Waals surface area contributed by atoms with Crippen LogP contribution in [-0.4, -0.2) is 7.11 Å². The van der Waals surface area contributed by atoms with Gasteiger partial charge in [0, 0.05) is 0 Å². The first kappa shape index (κ1) is 17.8. The zero-order chi connectivity index (χ0) is 17.0. The van der Waals surface area contributed by atoms with Crippen molar-refractivity contribution in [1.29, 1.82) is 0 Å². The lowest BCUT2D eigenvalue weighted by Crippen LogP contribution is -2.34. The first-order valence-corrected chi connectivity index (χ1v) is 10.2. The van der Waals surface area contributed by atoms with Crippen LogP contribution in [0.4, 0.5) is 0 Å². The molecule has 0 saturated heterocycles. The van der Waals surface area contributed by atoms with Crippen molar-refractivity contribution in [2.45, 2.75) is 42.4 Å². The Morgan fingerprint density at radius 3 is 2.12 bits per heavy atom. The molecular weight excluding hydrogens is 407 g/mol. The Morgan fingerprint density at radius 2 is 1.58 bits per heavy atom. The van der Waals surface area contributed by atoms with E-state index in [0.29, 0.717) is 5.92 Å². The second-order valence-electron chi connectivity index (χ2n) is 6.87. The summed E-state index contributed by atoms with van der Waals surface area (Å²) in [7, 11) is 1.73. The van der Waals surface area contributed by atoms with Crippen LogP contribution in [0.25, 0.3) is 0 Å². The van der Waals surface area contributed by atoms with Gasteiger partial charge < -0.3 is 4.74 Å². The smallest absolute Gasteiger partial charge is 0.118 e. The number of halogens is 1. The van der Waals surface area contributed by atoms with Gasteiger partial charge in [0.2, 0.25) is 0 Å². The maximum absolute atomic E-state index is 5.37. The van der Waals surface area contributed by atoms with Crippen molar-refractivity contribution in [3.05, 3.63) is 65.7 Å². The number of rotatable bonds is 6. The van der Waals surface area contributed by atoms with Gasteiger partial charge >= 0.3 is 0 Å². The summed E-state index contributed by atoms with van der Waals surface area (Å²) in [5, 5.41) is 0. The largest absolute Gasteiger partial charge is 0.497 e. The van der Waals surface area contributed by atoms with E-state index in [2.05, 4.69) is 84.1 Å². The molecule has 2 aromatic carbocycles. The first-order valence-electron chi connectivity index (χ1n) is 9.09. The first-order chi connectivity index (χ1) is 11.7. The topological polar surface area (TPSA) is 9.23 Å². The zero-order valence-electron chi connectivity index (χ0n) is 14.7. The van der Waals surface area contributed by atoms with Crippen LogP contribution in [0.3, 0.4) is 0 Å². The summed E-state index contributed by atoms with van der Waals surface area (Å²) in [5.41, 5.74) is 2.82. The molecular formula is C22H27IO. The van der Waals surface area contributed by atoms with Crippen LogP contribution >= 0.6 is 22.6 Å². The molecule has 24 heavy (non-hydrogen) atoms. The molecule has 2 heteroatoms. The predicted octanol–water partition coefficient (Wildman–Crippen LogP) is 6.59. The average molecular weight is 434 g/mol. The molecule has 2 unspecified atom stereocenters. The standard InChI is InChI=1S/C22H27IO/c1-3-21(17-9-7-8-10-17)22(23,18-11-5-4-6-12-18)19-13-15-20(24-2)16-14-19/h4-6,11-17,21H,3,7-10H2,1-2H3. The molecule has 2 aromatic rings. The van der Waals surface area contributed by atoms with E-state index in [-0.39, 0.29) is 3.42 Å². The maximum atomic E-state index is 5.37. The zero-order valence-corrected chi connectivity index (χ0v) is 16.8. The van der Waals surface area contributed by atoms with E-state index in [4.69, 9.17) is 4.74 Å². The summed E-state index contributed by atoms with van der Waals surface area (Å²) in [6.45, 7) is 2.36. The van der Waals surface area contributed by atoms with E-state index in [1.54, 1.807) is 7.11 Å². The van der Waals surface area contributed by atoms with E-state index in [9.17, 15) is 0 Å². The van der Waals surface area contributed by atoms with Crippen molar-refractivity contribution in [2.24, 2.45) is 11.8 Å². The van der Waals surface area contributed by atoms with Gasteiger partial charge in [0.15, 0.2) is 0 Å². The minimum absolute atomic E-state index is 0.0229. The summed E-state index contributed by atoms with van der Waals surface area (Å²) in [5.74, 6) is 2.42. The monoisotopic (exact) mass is 434 g/mol. The number of hydrogen-bond donors (Lipinski definition) is 0. The minimum atomic E-state index is 0.0229. The fourth-order valence-electron chi connectivity index (χ4n) is 4.41. The Bertz CT molecular complexity index is 631. The fourth-order valence-corrected chi connectivity index (χ4v) is 6.08. The van der Waals surface area contributed by atoms with Crippen LogP contribution in [0.15, 0.2) is 54.6 Å². The molecule has 0 bridgehead atoms. The summed E-state index contributed by atoms with van der Waals surface area (Å²) in [6.07, 6.45) is 6.77. The highest BCUT2D eigenvalue weighted by Crippen LogP contribution is 2.53. The average Bonchev–Trinajstić information content (AvgIpc) is 3.17. The van der Waals surface area contributed by atoms with Crippen molar-refractivity contribution >= 4 is 22.6 Å². The predicted molar refractivity (Wildman–Crippen MR) is 110 cm³/mol. The van der Waals surface area contributed by atoms with Crippen LogP contribution in [-0.2, 0) is 3.42 Å². The fraction of sp³-hybridized carbons (Fsp3) is 0.455. The van der Waals surface area contributed by atoms with Crippen LogP contribution in [0.2, 0.25) is 0 Å². The third-order valence-corrected chi connectivity index (χ3v) is 7.67. The van der Waals surface area contributed by atoms with E-state index < -0.39 is 0 Å². The highest BCUT2D eigenvalue weighted by atomic mass is 127. The molecule has 0 radical (unpaired) electrons. The molecule has 2 atom stereocenters. The maximum Gasteiger partial charge on any atom is 0.118 e. The summed E-state index contributed by atoms with van der Waals surface area (Å²) < 4.78 is 5.39. The Hall–Kier alpha value is -1.03. The molecule has 128 valence electrons. The number of ether oxygens (including phenoxy) is 1. The molecule has 0 aromatic heterocycles. The van der Waals surface area contributed by atoms with E-state index >= 15 is 0 Å². The van der Waals surface area contributed by atoms with Gasteiger partial charge in [-0.2, -0.15) is 0 Å². The van der Waals surface area contributed by atoms with Gasteiger partial charge in [0.25, 0.3) is 0 Å². The number of benzene rings is 2. The van der Waals surface area contributed by atoms with Crippen molar-refractivity contribution in [2.75, 3.05) is 7.11 Å². The molecule has 1 aliphatic carbocycles. The van der Waals surface area contributed by atoms with Crippen LogP contribution in [0, 0.1) is 11.8 Å². The highest BCUT2D eigenvalue weighted by Gasteiger charge is 2.43. The van der Waals surface area contributed by atoms with Crippen molar-refractivity contribution in [3.63, 3.8) is 0 Å². The molecule has 1 aliphatic rings. The summed E-state index contributed by atoms with van der Waals surface area (Å²) in [6, 6.07) is 19.8. The van der Waals surface area contributed by atoms with Crippen molar-refractivity contribution in [3.8, 4) is 5.75 Å². The summed E-state index contributed by atoms with van der Waals surface area (Å²) >= 11 is 2.74. The van der Waals surface area contributed by atoms with Crippen molar-refractivity contribution < 1.29 is 4.74 Å². The normalized spacial score (nSPS) is 19.0. The third kappa shape index (κ3) is 3.35. The third-order valence-electron chi connectivity index (χ3n) is 5.62. The Labute approximate surface area is 160 Å². The van der Waals surface area contributed by atoms with Gasteiger partial charge in [0.05, 0.1) is 10.5 Å². The van der Waals surface area contributed by atoms with E-state index in [1.807, 2.05) is 0 Å². The number of hydrogen-bond acceptors (Lipinski definition) is 1. The van der Waals surface area contributed by atoms with Crippen LogP contribution < -0.4 is 4.74 Å². The quantitative estimate of drug-likeness (QED) is 0.368. The molecule has 1 saturated carbocycles.